The van der Waals surface area contributed by atoms with Crippen LogP contribution in [0.4, 0.5) is 14.9 Å². The van der Waals surface area contributed by atoms with Gasteiger partial charge in [0, 0.05) is 30.6 Å². The number of halogens is 1. The molecule has 0 unspecified atom stereocenters. The number of fused-ring (bicyclic) bond motifs is 1. The Balaban J connectivity index is 1.70. The van der Waals surface area contributed by atoms with Crippen LogP contribution in [0.1, 0.15) is 63.4 Å². The van der Waals surface area contributed by atoms with E-state index in [2.05, 4.69) is 5.32 Å². The number of ether oxygens (including phenoxy) is 3. The molecule has 2 aromatic rings. The first-order chi connectivity index (χ1) is 16.9. The van der Waals surface area contributed by atoms with Gasteiger partial charge in [0.2, 0.25) is 0 Å². The Morgan fingerprint density at radius 1 is 1.17 bits per heavy atom. The van der Waals surface area contributed by atoms with E-state index in [0.717, 1.165) is 19.3 Å². The van der Waals surface area contributed by atoms with Gasteiger partial charge in [-0.2, -0.15) is 0 Å². The fourth-order valence-electron chi connectivity index (χ4n) is 4.87. The number of anilines is 1. The van der Waals surface area contributed by atoms with Crippen LogP contribution in [0.5, 0.6) is 5.75 Å². The first-order valence-electron chi connectivity index (χ1n) is 12.2. The maximum atomic E-state index is 15.6. The van der Waals surface area contributed by atoms with Gasteiger partial charge in [-0.3, -0.25) is 4.79 Å². The number of benzene rings is 1. The molecule has 9 nitrogen and oxygen atoms in total. The van der Waals surface area contributed by atoms with E-state index in [1.165, 1.54) is 26.4 Å². The van der Waals surface area contributed by atoms with Gasteiger partial charge in [-0.05, 0) is 65.0 Å². The Labute approximate surface area is 209 Å². The third-order valence-electron chi connectivity index (χ3n) is 6.72. The molecule has 0 spiro atoms. The lowest BCUT2D eigenvalue weighted by Gasteiger charge is -2.27. The topological polar surface area (TPSA) is 99.1 Å². The Kier molecular flexibility index (Phi) is 6.90. The summed E-state index contributed by atoms with van der Waals surface area (Å²) in [6.45, 7) is 8.36. The van der Waals surface area contributed by atoms with E-state index in [1.54, 1.807) is 25.3 Å². The molecule has 10 heteroatoms. The second kappa shape index (κ2) is 9.63. The molecule has 1 amide bonds. The number of pyridine rings is 1. The Hall–Kier alpha value is -3.30. The zero-order valence-electron chi connectivity index (χ0n) is 21.6. The van der Waals surface area contributed by atoms with E-state index in [4.69, 9.17) is 14.2 Å². The summed E-state index contributed by atoms with van der Waals surface area (Å²) in [5.74, 6) is -0.943. The fraction of sp³-hybridized carbons (Fsp3) is 0.577. The number of nitrogens with one attached hydrogen (secondary N) is 1. The van der Waals surface area contributed by atoms with E-state index in [0.29, 0.717) is 24.0 Å². The van der Waals surface area contributed by atoms with Crippen molar-refractivity contribution in [3.63, 3.8) is 0 Å². The van der Waals surface area contributed by atoms with E-state index in [-0.39, 0.29) is 35.0 Å². The van der Waals surface area contributed by atoms with Crippen LogP contribution >= 0.6 is 0 Å². The monoisotopic (exact) mass is 503 g/mol. The number of aromatic nitrogens is 1. The first kappa shape index (κ1) is 25.8. The number of hydrogen-bond donors (Lipinski definition) is 1. The van der Waals surface area contributed by atoms with Gasteiger partial charge in [0.15, 0.2) is 11.6 Å². The SMILES string of the molecule is COC(=O)c1cc2cc(F)c(N3CC[C@@H]([C@H](C)NC(=O)OC(C)(C)C)C3)c(OC)c2n(C2CC2)c1=O. The first-order valence-corrected chi connectivity index (χ1v) is 12.2. The maximum Gasteiger partial charge on any atom is 0.407 e. The molecule has 1 aromatic heterocycles. The lowest BCUT2D eigenvalue weighted by molar-refractivity contribution is 0.0493. The van der Waals surface area contributed by atoms with Gasteiger partial charge in [-0.1, -0.05) is 0 Å². The fourth-order valence-corrected chi connectivity index (χ4v) is 4.87. The molecule has 1 aromatic carbocycles. The highest BCUT2D eigenvalue weighted by molar-refractivity contribution is 5.97. The third kappa shape index (κ3) is 4.99. The van der Waals surface area contributed by atoms with Crippen molar-refractivity contribution in [2.24, 2.45) is 5.92 Å². The quantitative estimate of drug-likeness (QED) is 0.595. The van der Waals surface area contributed by atoms with Crippen molar-refractivity contribution < 1.29 is 28.2 Å². The number of nitrogens with zero attached hydrogens (tertiary/aromatic N) is 2. The molecule has 2 aliphatic rings. The van der Waals surface area contributed by atoms with Gasteiger partial charge in [0.25, 0.3) is 5.56 Å². The maximum absolute atomic E-state index is 15.6. The van der Waals surface area contributed by atoms with Crippen LogP contribution < -0.4 is 20.5 Å². The molecule has 0 bridgehead atoms. The van der Waals surface area contributed by atoms with Gasteiger partial charge in [-0.15, -0.1) is 0 Å². The summed E-state index contributed by atoms with van der Waals surface area (Å²) in [5.41, 5.74) is -0.455. The van der Waals surface area contributed by atoms with Gasteiger partial charge in [0.1, 0.15) is 16.9 Å². The molecule has 2 atom stereocenters. The van der Waals surface area contributed by atoms with Gasteiger partial charge >= 0.3 is 12.1 Å². The van der Waals surface area contributed by atoms with Gasteiger partial charge in [-0.25, -0.2) is 14.0 Å². The van der Waals surface area contributed by atoms with E-state index < -0.39 is 29.0 Å². The molecule has 1 aliphatic carbocycles. The van der Waals surface area contributed by atoms with Gasteiger partial charge in [0.05, 0.1) is 19.7 Å². The molecule has 4 rings (SSSR count). The third-order valence-corrected chi connectivity index (χ3v) is 6.72. The Bertz CT molecular complexity index is 1250. The van der Waals surface area contributed by atoms with Crippen LogP contribution in [0.25, 0.3) is 10.9 Å². The highest BCUT2D eigenvalue weighted by atomic mass is 19.1. The van der Waals surface area contributed by atoms with Crippen LogP contribution in [0, 0.1) is 11.7 Å². The van der Waals surface area contributed by atoms with Crippen molar-refractivity contribution in [2.75, 3.05) is 32.2 Å². The Morgan fingerprint density at radius 3 is 2.44 bits per heavy atom. The highest BCUT2D eigenvalue weighted by Crippen LogP contribution is 2.44. The largest absolute Gasteiger partial charge is 0.492 e. The molecule has 0 radical (unpaired) electrons. The zero-order valence-corrected chi connectivity index (χ0v) is 21.6. The van der Waals surface area contributed by atoms with Crippen molar-refractivity contribution in [1.29, 1.82) is 0 Å². The van der Waals surface area contributed by atoms with E-state index >= 15 is 4.39 Å². The summed E-state index contributed by atoms with van der Waals surface area (Å²) in [7, 11) is 2.66. The van der Waals surface area contributed by atoms with Crippen molar-refractivity contribution in [3.8, 4) is 5.75 Å². The molecule has 2 fully saturated rings. The molecule has 2 heterocycles. The summed E-state index contributed by atoms with van der Waals surface area (Å²) in [5, 5.41) is 3.28. The predicted molar refractivity (Wildman–Crippen MR) is 133 cm³/mol. The number of rotatable bonds is 6. The van der Waals surface area contributed by atoms with Crippen LogP contribution in [-0.4, -0.2) is 55.6 Å². The van der Waals surface area contributed by atoms with Crippen molar-refractivity contribution in [1.82, 2.24) is 9.88 Å². The van der Waals surface area contributed by atoms with Crippen molar-refractivity contribution in [2.45, 2.75) is 64.6 Å². The molecule has 36 heavy (non-hydrogen) atoms. The number of hydrogen-bond acceptors (Lipinski definition) is 7. The number of esters is 1. The predicted octanol–water partition coefficient (Wildman–Crippen LogP) is 4.01. The van der Waals surface area contributed by atoms with Crippen LogP contribution in [-0.2, 0) is 9.47 Å². The van der Waals surface area contributed by atoms with Crippen molar-refractivity contribution >= 4 is 28.7 Å². The minimum absolute atomic E-state index is 0.0599. The number of carbonyl (C=O) groups excluding carboxylic acids is 2. The minimum atomic E-state index is -0.756. The molecule has 196 valence electrons. The Morgan fingerprint density at radius 2 is 1.86 bits per heavy atom. The summed E-state index contributed by atoms with van der Waals surface area (Å²) < 4.78 is 33.0. The standard InChI is InChI=1S/C26H34FN3O6/c1-14(28-25(33)36-26(2,3)4)15-9-10-29(13-15)21-19(27)12-16-11-18(24(32)35-6)23(31)30(17-7-8-17)20(16)22(21)34-5/h11-12,14-15,17H,7-10,13H2,1-6H3,(H,28,33)/t14-,15+/m0/s1. The molecule has 1 N–H and O–H groups in total. The zero-order chi connectivity index (χ0) is 26.4. The van der Waals surface area contributed by atoms with Crippen LogP contribution in [0.3, 0.4) is 0 Å². The number of methoxy groups -OCH3 is 2. The molecular weight excluding hydrogens is 469 g/mol. The van der Waals surface area contributed by atoms with Gasteiger partial charge < -0.3 is 29.0 Å². The summed E-state index contributed by atoms with van der Waals surface area (Å²) in [6, 6.07) is 2.44. The second-order valence-corrected chi connectivity index (χ2v) is 10.6. The number of alkyl carbamates (subject to hydrolysis) is 1. The van der Waals surface area contributed by atoms with E-state index in [9.17, 15) is 14.4 Å². The normalized spacial score (nSPS) is 18.8. The smallest absolute Gasteiger partial charge is 0.407 e. The molecule has 1 saturated heterocycles. The second-order valence-electron chi connectivity index (χ2n) is 10.6. The molecular formula is C26H34FN3O6. The number of amides is 1. The summed E-state index contributed by atoms with van der Waals surface area (Å²) in [6.07, 6.45) is 1.82. The average Bonchev–Trinajstić information content (AvgIpc) is 3.51. The minimum Gasteiger partial charge on any atom is -0.492 e. The van der Waals surface area contributed by atoms with Crippen LogP contribution in [0.2, 0.25) is 0 Å². The highest BCUT2D eigenvalue weighted by Gasteiger charge is 2.35. The molecule has 1 saturated carbocycles. The van der Waals surface area contributed by atoms with E-state index in [1.807, 2.05) is 11.8 Å². The number of carbonyl (C=O) groups is 2. The van der Waals surface area contributed by atoms with Crippen molar-refractivity contribution in [3.05, 3.63) is 33.9 Å². The van der Waals surface area contributed by atoms with Crippen LogP contribution in [0.15, 0.2) is 16.9 Å². The molecule has 1 aliphatic heterocycles. The summed E-state index contributed by atoms with van der Waals surface area (Å²) >= 11 is 0. The lowest BCUT2D eigenvalue weighted by Crippen LogP contribution is -2.42. The lowest BCUT2D eigenvalue weighted by atomic mass is 10.0. The average molecular weight is 504 g/mol. The summed E-state index contributed by atoms with van der Waals surface area (Å²) in [4.78, 5) is 39.6.